The molecule has 1 fully saturated rings. The zero-order valence-electron chi connectivity index (χ0n) is 10.9. The quantitative estimate of drug-likeness (QED) is 0.860. The van der Waals surface area contributed by atoms with Gasteiger partial charge in [0, 0.05) is 17.8 Å². The van der Waals surface area contributed by atoms with E-state index in [0.29, 0.717) is 17.8 Å². The zero-order valence-corrected chi connectivity index (χ0v) is 10.9. The second-order valence-corrected chi connectivity index (χ2v) is 4.49. The Labute approximate surface area is 115 Å². The Morgan fingerprint density at radius 2 is 2.25 bits per heavy atom. The lowest BCUT2D eigenvalue weighted by Gasteiger charge is -2.31. The van der Waals surface area contributed by atoms with E-state index in [1.807, 2.05) is 0 Å². The molecule has 1 aromatic rings. The average Bonchev–Trinajstić information content (AvgIpc) is 2.44. The highest BCUT2D eigenvalue weighted by atomic mass is 19.1. The largest absolute Gasteiger partial charge is 0.479 e. The molecule has 2 N–H and O–H groups in total. The highest BCUT2D eigenvalue weighted by Gasteiger charge is 2.29. The van der Waals surface area contributed by atoms with Gasteiger partial charge in [0.05, 0.1) is 13.2 Å². The van der Waals surface area contributed by atoms with E-state index >= 15 is 0 Å². The maximum absolute atomic E-state index is 13.4. The minimum absolute atomic E-state index is 0.0322. The first-order valence-corrected chi connectivity index (χ1v) is 6.14. The van der Waals surface area contributed by atoms with Crippen LogP contribution in [0.15, 0.2) is 18.2 Å². The van der Waals surface area contributed by atoms with Crippen LogP contribution in [-0.2, 0) is 9.53 Å². The summed E-state index contributed by atoms with van der Waals surface area (Å²) in [4.78, 5) is 24.2. The van der Waals surface area contributed by atoms with Gasteiger partial charge in [-0.25, -0.2) is 14.0 Å². The van der Waals surface area contributed by atoms with Crippen molar-refractivity contribution >= 4 is 17.7 Å². The van der Waals surface area contributed by atoms with Crippen molar-refractivity contribution in [1.82, 2.24) is 4.90 Å². The molecule has 2 amide bonds. The van der Waals surface area contributed by atoms with Gasteiger partial charge in [0.2, 0.25) is 0 Å². The second-order valence-electron chi connectivity index (χ2n) is 4.49. The second kappa shape index (κ2) is 5.87. The number of morpholine rings is 1. The number of halogens is 1. The average molecular weight is 282 g/mol. The van der Waals surface area contributed by atoms with Gasteiger partial charge in [0.25, 0.3) is 0 Å². The topological polar surface area (TPSA) is 78.9 Å². The van der Waals surface area contributed by atoms with Gasteiger partial charge in [-0.05, 0) is 19.1 Å². The molecule has 1 heterocycles. The zero-order chi connectivity index (χ0) is 14.7. The van der Waals surface area contributed by atoms with Gasteiger partial charge in [0.15, 0.2) is 6.10 Å². The first kappa shape index (κ1) is 14.3. The van der Waals surface area contributed by atoms with Crippen LogP contribution in [0.1, 0.15) is 5.56 Å². The fraction of sp³-hybridized carbons (Fsp3) is 0.385. The minimum Gasteiger partial charge on any atom is -0.479 e. The number of benzene rings is 1. The van der Waals surface area contributed by atoms with Crippen LogP contribution in [0.3, 0.4) is 0 Å². The first-order valence-electron chi connectivity index (χ1n) is 6.14. The number of carbonyl (C=O) groups is 2. The standard InChI is InChI=1S/C13H15FN2O4/c1-8-9(14)3-2-4-10(8)15-13(19)16-5-6-20-11(7-16)12(17)18/h2-4,11H,5-7H2,1H3,(H,15,19)(H,17,18). The Bertz CT molecular complexity index is 535. The van der Waals surface area contributed by atoms with Crippen molar-refractivity contribution in [3.8, 4) is 0 Å². The van der Waals surface area contributed by atoms with Crippen LogP contribution in [0.4, 0.5) is 14.9 Å². The summed E-state index contributed by atoms with van der Waals surface area (Å²) in [6.07, 6.45) is -1.02. The van der Waals surface area contributed by atoms with Crippen LogP contribution in [0.5, 0.6) is 0 Å². The molecule has 20 heavy (non-hydrogen) atoms. The summed E-state index contributed by atoms with van der Waals surface area (Å²) in [6, 6.07) is 3.93. The van der Waals surface area contributed by atoms with Gasteiger partial charge in [-0.3, -0.25) is 0 Å². The summed E-state index contributed by atoms with van der Waals surface area (Å²) < 4.78 is 18.4. The molecule has 0 saturated carbocycles. The van der Waals surface area contributed by atoms with Gasteiger partial charge < -0.3 is 20.1 Å². The normalized spacial score (nSPS) is 18.7. The van der Waals surface area contributed by atoms with Crippen LogP contribution in [0.2, 0.25) is 0 Å². The fourth-order valence-electron chi connectivity index (χ4n) is 1.92. The fourth-order valence-corrected chi connectivity index (χ4v) is 1.92. The molecule has 1 saturated heterocycles. The summed E-state index contributed by atoms with van der Waals surface area (Å²) >= 11 is 0. The van der Waals surface area contributed by atoms with Crippen molar-refractivity contribution < 1.29 is 23.8 Å². The number of anilines is 1. The van der Waals surface area contributed by atoms with Gasteiger partial charge in [-0.15, -0.1) is 0 Å². The number of carboxylic acid groups (broad SMARTS) is 1. The molecule has 0 radical (unpaired) electrons. The van der Waals surface area contributed by atoms with Crippen molar-refractivity contribution in [2.75, 3.05) is 25.0 Å². The monoisotopic (exact) mass is 282 g/mol. The Hall–Kier alpha value is -2.15. The molecule has 0 aliphatic carbocycles. The van der Waals surface area contributed by atoms with Crippen LogP contribution >= 0.6 is 0 Å². The van der Waals surface area contributed by atoms with E-state index in [2.05, 4.69) is 5.32 Å². The van der Waals surface area contributed by atoms with Crippen LogP contribution in [0, 0.1) is 12.7 Å². The van der Waals surface area contributed by atoms with Gasteiger partial charge >= 0.3 is 12.0 Å². The van der Waals surface area contributed by atoms with E-state index in [-0.39, 0.29) is 13.2 Å². The Morgan fingerprint density at radius 3 is 2.95 bits per heavy atom. The molecule has 1 aliphatic heterocycles. The molecule has 1 unspecified atom stereocenters. The van der Waals surface area contributed by atoms with Crippen molar-refractivity contribution in [3.05, 3.63) is 29.6 Å². The van der Waals surface area contributed by atoms with Crippen LogP contribution in [0.25, 0.3) is 0 Å². The third kappa shape index (κ3) is 3.05. The third-order valence-corrected chi connectivity index (χ3v) is 3.14. The number of hydrogen-bond donors (Lipinski definition) is 2. The number of hydrogen-bond acceptors (Lipinski definition) is 3. The molecule has 7 heteroatoms. The number of aliphatic carboxylic acids is 1. The summed E-state index contributed by atoms with van der Waals surface area (Å²) in [5, 5.41) is 11.5. The molecule has 6 nitrogen and oxygen atoms in total. The molecular weight excluding hydrogens is 267 g/mol. The Kier molecular flexibility index (Phi) is 4.19. The summed E-state index contributed by atoms with van der Waals surface area (Å²) in [5.41, 5.74) is 0.706. The summed E-state index contributed by atoms with van der Waals surface area (Å²) in [5.74, 6) is -1.52. The minimum atomic E-state index is -1.11. The SMILES string of the molecule is Cc1c(F)cccc1NC(=O)N1CCOC(C(=O)O)C1. The molecule has 2 rings (SSSR count). The smallest absolute Gasteiger partial charge is 0.334 e. The lowest BCUT2D eigenvalue weighted by Crippen LogP contribution is -2.50. The lowest BCUT2D eigenvalue weighted by atomic mass is 10.2. The molecule has 0 bridgehead atoms. The van der Waals surface area contributed by atoms with Crippen molar-refractivity contribution in [3.63, 3.8) is 0 Å². The van der Waals surface area contributed by atoms with E-state index in [1.54, 1.807) is 13.0 Å². The van der Waals surface area contributed by atoms with Crippen molar-refractivity contribution in [1.29, 1.82) is 0 Å². The number of rotatable bonds is 2. The number of urea groups is 1. The predicted molar refractivity (Wildman–Crippen MR) is 69.1 cm³/mol. The Balaban J connectivity index is 2.04. The van der Waals surface area contributed by atoms with Crippen molar-refractivity contribution in [2.24, 2.45) is 0 Å². The highest BCUT2D eigenvalue weighted by Crippen LogP contribution is 2.18. The van der Waals surface area contributed by atoms with Crippen LogP contribution < -0.4 is 5.32 Å². The molecule has 0 aromatic heterocycles. The Morgan fingerprint density at radius 1 is 1.50 bits per heavy atom. The number of carboxylic acids is 1. The van der Waals surface area contributed by atoms with E-state index in [4.69, 9.17) is 9.84 Å². The number of ether oxygens (including phenoxy) is 1. The maximum Gasteiger partial charge on any atom is 0.334 e. The van der Waals surface area contributed by atoms with Crippen LogP contribution in [-0.4, -0.2) is 47.8 Å². The maximum atomic E-state index is 13.4. The molecular formula is C13H15FN2O4. The predicted octanol–water partition coefficient (Wildman–Crippen LogP) is 1.45. The third-order valence-electron chi connectivity index (χ3n) is 3.14. The number of amides is 2. The van der Waals surface area contributed by atoms with E-state index in [1.165, 1.54) is 17.0 Å². The van der Waals surface area contributed by atoms with Crippen molar-refractivity contribution in [2.45, 2.75) is 13.0 Å². The molecule has 1 aromatic carbocycles. The van der Waals surface area contributed by atoms with Gasteiger partial charge in [0.1, 0.15) is 5.82 Å². The summed E-state index contributed by atoms with van der Waals surface area (Å²) in [6.45, 7) is 1.98. The highest BCUT2D eigenvalue weighted by molar-refractivity contribution is 5.90. The number of nitrogens with zero attached hydrogens (tertiary/aromatic N) is 1. The molecule has 1 atom stereocenters. The van der Waals surface area contributed by atoms with Gasteiger partial charge in [-0.2, -0.15) is 0 Å². The molecule has 0 spiro atoms. The van der Waals surface area contributed by atoms with E-state index in [9.17, 15) is 14.0 Å². The lowest BCUT2D eigenvalue weighted by molar-refractivity contribution is -0.154. The van der Waals surface area contributed by atoms with E-state index in [0.717, 1.165) is 0 Å². The van der Waals surface area contributed by atoms with Gasteiger partial charge in [-0.1, -0.05) is 6.07 Å². The molecule has 108 valence electrons. The summed E-state index contributed by atoms with van der Waals surface area (Å²) in [7, 11) is 0. The molecule has 1 aliphatic rings. The first-order chi connectivity index (χ1) is 9.49. The number of carbonyl (C=O) groups excluding carboxylic acids is 1. The van der Waals surface area contributed by atoms with E-state index < -0.39 is 23.9 Å². The number of nitrogens with one attached hydrogen (secondary N) is 1.